The van der Waals surface area contributed by atoms with Gasteiger partial charge in [0.15, 0.2) is 0 Å². The van der Waals surface area contributed by atoms with Crippen LogP contribution in [0.1, 0.15) is 26.2 Å². The summed E-state index contributed by atoms with van der Waals surface area (Å²) in [6.45, 7) is 2.88. The van der Waals surface area contributed by atoms with Crippen LogP contribution in [-0.2, 0) is 14.3 Å². The molecular formula is C15H23N3O3. The topological polar surface area (TPSA) is 93.8 Å². The van der Waals surface area contributed by atoms with Gasteiger partial charge in [0, 0.05) is 31.6 Å². The standard InChI is InChI=1S/C15H23N3O3/c1-11-5-3-4-8-17-12(9-11)10-13(15(20)21-2)18-14(19)6-7-16/h3,5,9,13H,4,6-8,10,16H2,1-2H3,(H,18,19)/b5-3-,11-9?,17-12?. The Kier molecular flexibility index (Phi) is 7.39. The minimum Gasteiger partial charge on any atom is -0.467 e. The number of nitrogens with one attached hydrogen (secondary N) is 1. The average molecular weight is 293 g/mol. The molecule has 0 saturated carbocycles. The normalized spacial score (nSPS) is 17.7. The van der Waals surface area contributed by atoms with E-state index in [1.807, 2.05) is 19.1 Å². The molecule has 1 rings (SSSR count). The maximum atomic E-state index is 11.8. The lowest BCUT2D eigenvalue weighted by molar-refractivity contribution is -0.144. The summed E-state index contributed by atoms with van der Waals surface area (Å²) in [7, 11) is 1.30. The molecule has 6 nitrogen and oxygen atoms in total. The Morgan fingerprint density at radius 2 is 2.29 bits per heavy atom. The number of amides is 1. The Labute approximate surface area is 125 Å². The monoisotopic (exact) mass is 293 g/mol. The molecule has 1 amide bonds. The van der Waals surface area contributed by atoms with Crippen molar-refractivity contribution in [1.82, 2.24) is 5.32 Å². The van der Waals surface area contributed by atoms with Gasteiger partial charge in [0.2, 0.25) is 5.91 Å². The van der Waals surface area contributed by atoms with E-state index in [0.29, 0.717) is 13.0 Å². The number of nitrogens with two attached hydrogens (primary N) is 1. The molecule has 3 N–H and O–H groups in total. The van der Waals surface area contributed by atoms with Crippen LogP contribution in [0.5, 0.6) is 0 Å². The molecule has 116 valence electrons. The van der Waals surface area contributed by atoms with E-state index in [9.17, 15) is 9.59 Å². The molecule has 0 fully saturated rings. The van der Waals surface area contributed by atoms with Crippen molar-refractivity contribution in [3.63, 3.8) is 0 Å². The predicted octanol–water partition coefficient (Wildman–Crippen LogP) is 0.730. The van der Waals surface area contributed by atoms with Crippen LogP contribution in [0.2, 0.25) is 0 Å². The molecule has 21 heavy (non-hydrogen) atoms. The van der Waals surface area contributed by atoms with Crippen molar-refractivity contribution in [2.24, 2.45) is 10.7 Å². The third kappa shape index (κ3) is 6.35. The van der Waals surface area contributed by atoms with Gasteiger partial charge < -0.3 is 15.8 Å². The fourth-order valence-electron chi connectivity index (χ4n) is 1.97. The van der Waals surface area contributed by atoms with Crippen LogP contribution in [0, 0.1) is 0 Å². The second kappa shape index (κ2) is 9.07. The summed E-state index contributed by atoms with van der Waals surface area (Å²) in [5.41, 5.74) is 7.17. The number of ether oxygens (including phenoxy) is 1. The van der Waals surface area contributed by atoms with E-state index in [1.54, 1.807) is 0 Å². The highest BCUT2D eigenvalue weighted by atomic mass is 16.5. The molecule has 1 unspecified atom stereocenters. The molecule has 0 aliphatic carbocycles. The summed E-state index contributed by atoms with van der Waals surface area (Å²) in [6, 6.07) is -0.736. The summed E-state index contributed by atoms with van der Waals surface area (Å²) < 4.78 is 4.74. The van der Waals surface area contributed by atoms with E-state index in [0.717, 1.165) is 17.7 Å². The Morgan fingerprint density at radius 1 is 1.52 bits per heavy atom. The van der Waals surface area contributed by atoms with Crippen LogP contribution in [0.25, 0.3) is 0 Å². The number of allylic oxidation sites excluding steroid dienone is 3. The number of nitrogens with zero attached hydrogens (tertiary/aromatic N) is 1. The van der Waals surface area contributed by atoms with Gasteiger partial charge in [0.1, 0.15) is 6.04 Å². The number of carbonyl (C=O) groups excluding carboxylic acids is 2. The van der Waals surface area contributed by atoms with Crippen LogP contribution in [0.4, 0.5) is 0 Å². The zero-order chi connectivity index (χ0) is 15.7. The molecule has 6 heteroatoms. The highest BCUT2D eigenvalue weighted by Gasteiger charge is 2.22. The summed E-state index contributed by atoms with van der Waals surface area (Å²) in [6.07, 6.45) is 7.35. The van der Waals surface area contributed by atoms with Crippen molar-refractivity contribution < 1.29 is 14.3 Å². The minimum absolute atomic E-state index is 0.178. The van der Waals surface area contributed by atoms with Gasteiger partial charge in [-0.05, 0) is 25.0 Å². The van der Waals surface area contributed by atoms with Gasteiger partial charge in [0.25, 0.3) is 0 Å². The van der Waals surface area contributed by atoms with Crippen LogP contribution >= 0.6 is 0 Å². The van der Waals surface area contributed by atoms with Crippen molar-refractivity contribution in [3.8, 4) is 0 Å². The maximum Gasteiger partial charge on any atom is 0.328 e. The fraction of sp³-hybridized carbons (Fsp3) is 0.533. The number of esters is 1. The number of carbonyl (C=O) groups is 2. The first-order valence-corrected chi connectivity index (χ1v) is 7.02. The maximum absolute atomic E-state index is 11.8. The van der Waals surface area contributed by atoms with Crippen LogP contribution in [-0.4, -0.2) is 43.8 Å². The van der Waals surface area contributed by atoms with Crippen molar-refractivity contribution in [2.75, 3.05) is 20.2 Å². The highest BCUT2D eigenvalue weighted by Crippen LogP contribution is 2.07. The Morgan fingerprint density at radius 3 is 2.95 bits per heavy atom. The highest BCUT2D eigenvalue weighted by molar-refractivity contribution is 5.99. The number of hydrogen-bond acceptors (Lipinski definition) is 5. The zero-order valence-electron chi connectivity index (χ0n) is 12.6. The van der Waals surface area contributed by atoms with Crippen molar-refractivity contribution in [2.45, 2.75) is 32.2 Å². The van der Waals surface area contributed by atoms with E-state index < -0.39 is 12.0 Å². The van der Waals surface area contributed by atoms with Gasteiger partial charge in [-0.25, -0.2) is 4.79 Å². The first-order valence-electron chi connectivity index (χ1n) is 7.02. The predicted molar refractivity (Wildman–Crippen MR) is 82.1 cm³/mol. The number of aliphatic imine (C=N–C) groups is 1. The van der Waals surface area contributed by atoms with Crippen molar-refractivity contribution in [1.29, 1.82) is 0 Å². The quantitative estimate of drug-likeness (QED) is 0.706. The van der Waals surface area contributed by atoms with Crippen LogP contribution in [0.15, 0.2) is 28.8 Å². The molecule has 0 saturated heterocycles. The van der Waals surface area contributed by atoms with E-state index >= 15 is 0 Å². The first-order chi connectivity index (χ1) is 10.1. The lowest BCUT2D eigenvalue weighted by atomic mass is 10.1. The van der Waals surface area contributed by atoms with Gasteiger partial charge in [-0.2, -0.15) is 0 Å². The number of hydrogen-bond donors (Lipinski definition) is 2. The van der Waals surface area contributed by atoms with Gasteiger partial charge in [-0.3, -0.25) is 9.79 Å². The average Bonchev–Trinajstić information content (AvgIpc) is 2.42. The number of rotatable bonds is 6. The van der Waals surface area contributed by atoms with Crippen LogP contribution in [0.3, 0.4) is 0 Å². The largest absolute Gasteiger partial charge is 0.467 e. The van der Waals surface area contributed by atoms with Gasteiger partial charge >= 0.3 is 5.97 Å². The Hall–Kier alpha value is -1.95. The molecule has 1 aliphatic rings. The smallest absolute Gasteiger partial charge is 0.328 e. The molecular weight excluding hydrogens is 270 g/mol. The van der Waals surface area contributed by atoms with E-state index in [1.165, 1.54) is 7.11 Å². The second-order valence-corrected chi connectivity index (χ2v) is 4.84. The number of methoxy groups -OCH3 is 1. The third-order valence-electron chi connectivity index (χ3n) is 2.99. The van der Waals surface area contributed by atoms with E-state index in [2.05, 4.69) is 16.4 Å². The molecule has 1 atom stereocenters. The zero-order valence-corrected chi connectivity index (χ0v) is 12.6. The molecule has 0 radical (unpaired) electrons. The summed E-state index contributed by atoms with van der Waals surface area (Å²) >= 11 is 0. The fourth-order valence-corrected chi connectivity index (χ4v) is 1.97. The Bertz CT molecular complexity index is 467. The third-order valence-corrected chi connectivity index (χ3v) is 2.99. The molecule has 1 aliphatic heterocycles. The van der Waals surface area contributed by atoms with Crippen molar-refractivity contribution >= 4 is 17.6 Å². The van der Waals surface area contributed by atoms with Gasteiger partial charge in [-0.1, -0.05) is 12.2 Å². The minimum atomic E-state index is -0.736. The lowest BCUT2D eigenvalue weighted by Gasteiger charge is -2.17. The molecule has 0 aromatic heterocycles. The van der Waals surface area contributed by atoms with Gasteiger partial charge in [0.05, 0.1) is 7.11 Å². The molecule has 0 bridgehead atoms. The second-order valence-electron chi connectivity index (χ2n) is 4.84. The Balaban J connectivity index is 2.80. The SMILES string of the molecule is COC(=O)C(CC1=NCC/C=C\C(C)=C1)NC(=O)CCN. The summed E-state index contributed by atoms with van der Waals surface area (Å²) in [5, 5.41) is 2.65. The summed E-state index contributed by atoms with van der Waals surface area (Å²) in [5.74, 6) is -0.744. The summed E-state index contributed by atoms with van der Waals surface area (Å²) in [4.78, 5) is 27.9. The molecule has 1 heterocycles. The van der Waals surface area contributed by atoms with E-state index in [4.69, 9.17) is 10.5 Å². The molecule has 0 aromatic carbocycles. The lowest BCUT2D eigenvalue weighted by Crippen LogP contribution is -2.43. The van der Waals surface area contributed by atoms with Gasteiger partial charge in [-0.15, -0.1) is 0 Å². The molecule has 0 spiro atoms. The molecule has 0 aromatic rings. The van der Waals surface area contributed by atoms with Crippen LogP contribution < -0.4 is 11.1 Å². The first kappa shape index (κ1) is 17.1. The van der Waals surface area contributed by atoms with E-state index in [-0.39, 0.29) is 18.9 Å². The van der Waals surface area contributed by atoms with Crippen molar-refractivity contribution in [3.05, 3.63) is 23.8 Å².